The molecule has 1 heterocycles. The molecule has 1 aliphatic rings. The van der Waals surface area contributed by atoms with Crippen molar-refractivity contribution in [3.05, 3.63) is 11.6 Å². The third-order valence-electron chi connectivity index (χ3n) is 3.21. The molecule has 0 radical (unpaired) electrons. The van der Waals surface area contributed by atoms with Gasteiger partial charge in [0.2, 0.25) is 0 Å². The van der Waals surface area contributed by atoms with Crippen LogP contribution >= 0.6 is 0 Å². The Hall–Kier alpha value is -0.810. The molecule has 0 bridgehead atoms. The van der Waals surface area contributed by atoms with Crippen LogP contribution < -0.4 is 0 Å². The normalized spacial score (nSPS) is 20.6. The van der Waals surface area contributed by atoms with Crippen LogP contribution in [0, 0.1) is 16.7 Å². The Labute approximate surface area is 93.6 Å². The average Bonchev–Trinajstić information content (AvgIpc) is 2.17. The van der Waals surface area contributed by atoms with E-state index in [-0.39, 0.29) is 0 Å². The molecule has 1 rings (SSSR count). The summed E-state index contributed by atoms with van der Waals surface area (Å²) in [4.78, 5) is 2.39. The van der Waals surface area contributed by atoms with Crippen molar-refractivity contribution in [2.75, 3.05) is 13.1 Å². The first-order chi connectivity index (χ1) is 6.95. The predicted molar refractivity (Wildman–Crippen MR) is 63.4 cm³/mol. The zero-order valence-corrected chi connectivity index (χ0v) is 10.4. The van der Waals surface area contributed by atoms with Crippen molar-refractivity contribution in [2.45, 2.75) is 46.6 Å². The highest BCUT2D eigenvalue weighted by atomic mass is 15.1. The molecular weight excluding hydrogens is 184 g/mol. The van der Waals surface area contributed by atoms with E-state index in [0.717, 1.165) is 19.5 Å². The molecule has 2 heteroatoms. The molecule has 15 heavy (non-hydrogen) atoms. The van der Waals surface area contributed by atoms with E-state index in [4.69, 9.17) is 5.26 Å². The maximum atomic E-state index is 8.66. The molecule has 0 spiro atoms. The number of hydrogen-bond acceptors (Lipinski definition) is 2. The highest BCUT2D eigenvalue weighted by Gasteiger charge is 2.23. The molecule has 0 aromatic rings. The third-order valence-corrected chi connectivity index (χ3v) is 3.21. The molecule has 0 aromatic heterocycles. The van der Waals surface area contributed by atoms with Gasteiger partial charge in [-0.3, -0.25) is 4.90 Å². The van der Waals surface area contributed by atoms with E-state index in [1.807, 2.05) is 0 Å². The highest BCUT2D eigenvalue weighted by molar-refractivity contribution is 5.14. The van der Waals surface area contributed by atoms with E-state index in [9.17, 15) is 0 Å². The van der Waals surface area contributed by atoms with Crippen LogP contribution in [0.25, 0.3) is 0 Å². The summed E-state index contributed by atoms with van der Waals surface area (Å²) < 4.78 is 0. The smallest absolute Gasteiger partial charge is 0.0638 e. The van der Waals surface area contributed by atoms with E-state index in [2.05, 4.69) is 44.7 Å². The third kappa shape index (κ3) is 3.35. The van der Waals surface area contributed by atoms with Gasteiger partial charge in [0.1, 0.15) is 0 Å². The molecule has 1 atom stereocenters. The SMILES string of the molecule is CC(CC#N)N1CC=C(C(C)(C)C)CC1. The summed E-state index contributed by atoms with van der Waals surface area (Å²) in [6.07, 6.45) is 4.13. The summed E-state index contributed by atoms with van der Waals surface area (Å²) in [5.74, 6) is 0. The second-order valence-corrected chi connectivity index (χ2v) is 5.44. The summed E-state index contributed by atoms with van der Waals surface area (Å²) in [5.41, 5.74) is 1.87. The number of hydrogen-bond donors (Lipinski definition) is 0. The Kier molecular flexibility index (Phi) is 3.93. The molecule has 0 N–H and O–H groups in total. The van der Waals surface area contributed by atoms with Crippen molar-refractivity contribution >= 4 is 0 Å². The first kappa shape index (κ1) is 12.3. The van der Waals surface area contributed by atoms with Crippen molar-refractivity contribution in [2.24, 2.45) is 5.41 Å². The second kappa shape index (κ2) is 4.81. The summed E-state index contributed by atoms with van der Waals surface area (Å²) in [6.45, 7) is 11.1. The Bertz CT molecular complexity index is 278. The van der Waals surface area contributed by atoms with Gasteiger partial charge < -0.3 is 0 Å². The lowest BCUT2D eigenvalue weighted by Gasteiger charge is -2.34. The zero-order chi connectivity index (χ0) is 11.5. The fraction of sp³-hybridized carbons (Fsp3) is 0.769. The minimum absolute atomic E-state index is 0.310. The quantitative estimate of drug-likeness (QED) is 0.649. The largest absolute Gasteiger partial charge is 0.296 e. The molecule has 1 aliphatic heterocycles. The zero-order valence-electron chi connectivity index (χ0n) is 10.4. The van der Waals surface area contributed by atoms with Crippen LogP contribution in [0.4, 0.5) is 0 Å². The first-order valence-corrected chi connectivity index (χ1v) is 5.75. The number of nitriles is 1. The van der Waals surface area contributed by atoms with E-state index in [1.54, 1.807) is 5.57 Å². The second-order valence-electron chi connectivity index (χ2n) is 5.44. The lowest BCUT2D eigenvalue weighted by molar-refractivity contribution is 0.218. The Morgan fingerprint density at radius 2 is 2.20 bits per heavy atom. The molecule has 0 saturated carbocycles. The van der Waals surface area contributed by atoms with Gasteiger partial charge in [-0.1, -0.05) is 32.4 Å². The minimum atomic E-state index is 0.310. The molecular formula is C13H22N2. The van der Waals surface area contributed by atoms with Gasteiger partial charge in [-0.15, -0.1) is 0 Å². The van der Waals surface area contributed by atoms with E-state index in [1.165, 1.54) is 0 Å². The topological polar surface area (TPSA) is 27.0 Å². The van der Waals surface area contributed by atoms with Gasteiger partial charge in [0, 0.05) is 19.1 Å². The van der Waals surface area contributed by atoms with Gasteiger partial charge in [0.05, 0.1) is 12.5 Å². The van der Waals surface area contributed by atoms with Gasteiger partial charge in [-0.05, 0) is 18.8 Å². The molecule has 2 nitrogen and oxygen atoms in total. The maximum Gasteiger partial charge on any atom is 0.0638 e. The first-order valence-electron chi connectivity index (χ1n) is 5.75. The molecule has 0 fully saturated rings. The predicted octanol–water partition coefficient (Wildman–Crippen LogP) is 2.97. The average molecular weight is 206 g/mol. The van der Waals surface area contributed by atoms with Crippen LogP contribution in [0.1, 0.15) is 40.5 Å². The summed E-state index contributed by atoms with van der Waals surface area (Å²) >= 11 is 0. The maximum absolute atomic E-state index is 8.66. The van der Waals surface area contributed by atoms with Crippen molar-refractivity contribution in [3.63, 3.8) is 0 Å². The molecule has 84 valence electrons. The van der Waals surface area contributed by atoms with Gasteiger partial charge >= 0.3 is 0 Å². The van der Waals surface area contributed by atoms with Gasteiger partial charge in [-0.25, -0.2) is 0 Å². The van der Waals surface area contributed by atoms with E-state index < -0.39 is 0 Å². The molecule has 1 unspecified atom stereocenters. The molecule has 0 aromatic carbocycles. The lowest BCUT2D eigenvalue weighted by Crippen LogP contribution is -2.37. The Morgan fingerprint density at radius 3 is 2.60 bits per heavy atom. The highest BCUT2D eigenvalue weighted by Crippen LogP contribution is 2.30. The van der Waals surface area contributed by atoms with Crippen molar-refractivity contribution in [3.8, 4) is 6.07 Å². The summed E-state index contributed by atoms with van der Waals surface area (Å²) in [7, 11) is 0. The number of rotatable bonds is 2. The van der Waals surface area contributed by atoms with Crippen LogP contribution in [0.5, 0.6) is 0 Å². The summed E-state index contributed by atoms with van der Waals surface area (Å²) in [5, 5.41) is 8.66. The van der Waals surface area contributed by atoms with Gasteiger partial charge in [-0.2, -0.15) is 5.26 Å². The van der Waals surface area contributed by atoms with E-state index in [0.29, 0.717) is 17.9 Å². The van der Waals surface area contributed by atoms with Gasteiger partial charge in [0.25, 0.3) is 0 Å². The van der Waals surface area contributed by atoms with Crippen LogP contribution in [0.15, 0.2) is 11.6 Å². The monoisotopic (exact) mass is 206 g/mol. The van der Waals surface area contributed by atoms with Crippen molar-refractivity contribution < 1.29 is 0 Å². The number of nitrogens with zero attached hydrogens (tertiary/aromatic N) is 2. The van der Waals surface area contributed by atoms with Gasteiger partial charge in [0.15, 0.2) is 0 Å². The van der Waals surface area contributed by atoms with Crippen LogP contribution in [0.2, 0.25) is 0 Å². The molecule has 0 amide bonds. The van der Waals surface area contributed by atoms with Crippen LogP contribution in [-0.2, 0) is 0 Å². The standard InChI is InChI=1S/C13H22N2/c1-11(5-8-14)15-9-6-12(7-10-15)13(2,3)4/h6,11H,5,7,9-10H2,1-4H3. The molecule has 0 saturated heterocycles. The Balaban J connectivity index is 2.55. The lowest BCUT2D eigenvalue weighted by atomic mass is 9.83. The fourth-order valence-corrected chi connectivity index (χ4v) is 2.03. The minimum Gasteiger partial charge on any atom is -0.296 e. The molecule has 0 aliphatic carbocycles. The Morgan fingerprint density at radius 1 is 1.53 bits per heavy atom. The fourth-order valence-electron chi connectivity index (χ4n) is 2.03. The summed E-state index contributed by atoms with van der Waals surface area (Å²) in [6, 6.07) is 2.64. The van der Waals surface area contributed by atoms with Crippen LogP contribution in [-0.4, -0.2) is 24.0 Å². The van der Waals surface area contributed by atoms with Crippen molar-refractivity contribution in [1.82, 2.24) is 4.90 Å². The van der Waals surface area contributed by atoms with Crippen LogP contribution in [0.3, 0.4) is 0 Å². The van der Waals surface area contributed by atoms with Crippen molar-refractivity contribution in [1.29, 1.82) is 5.26 Å². The van der Waals surface area contributed by atoms with E-state index >= 15 is 0 Å².